The number of ether oxygens (including phenoxy) is 1. The third-order valence-corrected chi connectivity index (χ3v) is 2.51. The van der Waals surface area contributed by atoms with Gasteiger partial charge < -0.3 is 9.84 Å². The van der Waals surface area contributed by atoms with Crippen molar-refractivity contribution < 1.29 is 14.6 Å². The molecule has 0 amide bonds. The predicted molar refractivity (Wildman–Crippen MR) is 54.3 cm³/mol. The smallest absolute Gasteiger partial charge is 0.306 e. The van der Waals surface area contributed by atoms with Crippen LogP contribution in [-0.4, -0.2) is 22.3 Å². The maximum Gasteiger partial charge on any atom is 0.306 e. The van der Waals surface area contributed by atoms with Gasteiger partial charge >= 0.3 is 5.97 Å². The average molecular weight is 200 g/mol. The summed E-state index contributed by atoms with van der Waals surface area (Å²) in [5, 5.41) is 8.86. The first kappa shape index (κ1) is 11.5. The SMILES string of the molecule is CC(C)(C)OC1(CC(=O)O)CCCC1. The Morgan fingerprint density at radius 3 is 2.21 bits per heavy atom. The molecule has 1 saturated carbocycles. The molecule has 0 aliphatic heterocycles. The number of aliphatic carboxylic acids is 1. The molecule has 0 heterocycles. The minimum atomic E-state index is -0.754. The molecule has 0 bridgehead atoms. The lowest BCUT2D eigenvalue weighted by atomic mass is 9.96. The highest BCUT2D eigenvalue weighted by molar-refractivity contribution is 5.68. The second-order valence-corrected chi connectivity index (χ2v) is 5.18. The maximum absolute atomic E-state index is 10.8. The first-order chi connectivity index (χ1) is 6.33. The van der Waals surface area contributed by atoms with Crippen LogP contribution in [-0.2, 0) is 9.53 Å². The van der Waals surface area contributed by atoms with Crippen LogP contribution >= 0.6 is 0 Å². The largest absolute Gasteiger partial charge is 0.481 e. The Balaban J connectivity index is 2.67. The Hall–Kier alpha value is -0.570. The Morgan fingerprint density at radius 1 is 1.36 bits per heavy atom. The van der Waals surface area contributed by atoms with E-state index in [1.54, 1.807) is 0 Å². The van der Waals surface area contributed by atoms with Gasteiger partial charge in [-0.25, -0.2) is 0 Å². The van der Waals surface area contributed by atoms with Gasteiger partial charge in [-0.2, -0.15) is 0 Å². The second kappa shape index (κ2) is 3.89. The summed E-state index contributed by atoms with van der Waals surface area (Å²) in [5.74, 6) is -0.754. The van der Waals surface area contributed by atoms with Gasteiger partial charge in [0.15, 0.2) is 0 Å². The van der Waals surface area contributed by atoms with E-state index in [2.05, 4.69) is 0 Å². The zero-order valence-electron chi connectivity index (χ0n) is 9.30. The summed E-state index contributed by atoms with van der Waals surface area (Å²) >= 11 is 0. The summed E-state index contributed by atoms with van der Waals surface area (Å²) in [5.41, 5.74) is -0.649. The third kappa shape index (κ3) is 3.29. The van der Waals surface area contributed by atoms with Crippen molar-refractivity contribution in [2.24, 2.45) is 0 Å². The number of carboxylic acids is 1. The Kier molecular flexibility index (Phi) is 3.20. The molecule has 0 radical (unpaired) electrons. The van der Waals surface area contributed by atoms with E-state index in [1.165, 1.54) is 0 Å². The summed E-state index contributed by atoms with van der Waals surface area (Å²) in [4.78, 5) is 10.8. The van der Waals surface area contributed by atoms with E-state index in [9.17, 15) is 4.79 Å². The highest BCUT2D eigenvalue weighted by Gasteiger charge is 2.40. The van der Waals surface area contributed by atoms with Crippen LogP contribution in [0.1, 0.15) is 52.9 Å². The van der Waals surface area contributed by atoms with Gasteiger partial charge in [-0.05, 0) is 33.6 Å². The van der Waals surface area contributed by atoms with Crippen LogP contribution in [0.3, 0.4) is 0 Å². The molecule has 1 aliphatic carbocycles. The third-order valence-electron chi connectivity index (χ3n) is 2.51. The molecule has 3 heteroatoms. The van der Waals surface area contributed by atoms with Gasteiger partial charge in [-0.1, -0.05) is 12.8 Å². The van der Waals surface area contributed by atoms with E-state index >= 15 is 0 Å². The number of hydrogen-bond acceptors (Lipinski definition) is 2. The summed E-state index contributed by atoms with van der Waals surface area (Å²) in [6, 6.07) is 0. The van der Waals surface area contributed by atoms with Crippen LogP contribution in [0.15, 0.2) is 0 Å². The molecule has 1 fully saturated rings. The van der Waals surface area contributed by atoms with Crippen LogP contribution in [0.5, 0.6) is 0 Å². The van der Waals surface area contributed by atoms with Crippen molar-refractivity contribution in [3.8, 4) is 0 Å². The normalized spacial score (nSPS) is 21.1. The maximum atomic E-state index is 10.8. The van der Waals surface area contributed by atoms with Gasteiger partial charge in [0.1, 0.15) is 0 Å². The van der Waals surface area contributed by atoms with Crippen molar-refractivity contribution in [1.29, 1.82) is 0 Å². The highest BCUT2D eigenvalue weighted by Crippen LogP contribution is 2.39. The monoisotopic (exact) mass is 200 g/mol. The minimum absolute atomic E-state index is 0.143. The zero-order chi connectivity index (χ0) is 10.8. The van der Waals surface area contributed by atoms with Gasteiger partial charge in [-0.3, -0.25) is 4.79 Å². The van der Waals surface area contributed by atoms with Crippen LogP contribution in [0.2, 0.25) is 0 Å². The fraction of sp³-hybridized carbons (Fsp3) is 0.909. The lowest BCUT2D eigenvalue weighted by Crippen LogP contribution is -2.39. The van der Waals surface area contributed by atoms with Gasteiger partial charge in [-0.15, -0.1) is 0 Å². The molecular formula is C11H20O3. The quantitative estimate of drug-likeness (QED) is 0.761. The van der Waals surface area contributed by atoms with E-state index in [0.717, 1.165) is 25.7 Å². The zero-order valence-corrected chi connectivity index (χ0v) is 9.30. The van der Waals surface area contributed by atoms with Gasteiger partial charge in [0, 0.05) is 0 Å². The number of hydrogen-bond donors (Lipinski definition) is 1. The lowest BCUT2D eigenvalue weighted by molar-refractivity contribution is -0.159. The Labute approximate surface area is 85.5 Å². The van der Waals surface area contributed by atoms with Crippen molar-refractivity contribution in [3.63, 3.8) is 0 Å². The average Bonchev–Trinajstić information content (AvgIpc) is 2.30. The molecule has 0 aromatic carbocycles. The van der Waals surface area contributed by atoms with Gasteiger partial charge in [0.05, 0.1) is 17.6 Å². The van der Waals surface area contributed by atoms with E-state index in [-0.39, 0.29) is 12.0 Å². The fourth-order valence-electron chi connectivity index (χ4n) is 2.26. The van der Waals surface area contributed by atoms with E-state index < -0.39 is 11.6 Å². The van der Waals surface area contributed by atoms with Crippen LogP contribution in [0.4, 0.5) is 0 Å². The molecule has 0 aromatic rings. The van der Waals surface area contributed by atoms with Crippen LogP contribution in [0.25, 0.3) is 0 Å². The minimum Gasteiger partial charge on any atom is -0.481 e. The van der Waals surface area contributed by atoms with Crippen LogP contribution in [0, 0.1) is 0 Å². The van der Waals surface area contributed by atoms with Crippen LogP contribution < -0.4 is 0 Å². The second-order valence-electron chi connectivity index (χ2n) is 5.18. The fourth-order valence-corrected chi connectivity index (χ4v) is 2.26. The van der Waals surface area contributed by atoms with Crippen molar-refractivity contribution >= 4 is 5.97 Å². The van der Waals surface area contributed by atoms with Crippen molar-refractivity contribution in [2.45, 2.75) is 64.1 Å². The lowest BCUT2D eigenvalue weighted by Gasteiger charge is -2.35. The summed E-state index contributed by atoms with van der Waals surface area (Å²) in [6.45, 7) is 5.94. The topological polar surface area (TPSA) is 46.5 Å². The predicted octanol–water partition coefficient (Wildman–Crippen LogP) is 2.59. The van der Waals surface area contributed by atoms with Crippen molar-refractivity contribution in [2.75, 3.05) is 0 Å². The van der Waals surface area contributed by atoms with Gasteiger partial charge in [0.25, 0.3) is 0 Å². The van der Waals surface area contributed by atoms with E-state index in [4.69, 9.17) is 9.84 Å². The molecule has 1 N–H and O–H groups in total. The molecule has 0 unspecified atom stereocenters. The Morgan fingerprint density at radius 2 is 1.86 bits per heavy atom. The molecular weight excluding hydrogens is 180 g/mol. The summed E-state index contributed by atoms with van der Waals surface area (Å²) < 4.78 is 5.92. The molecule has 3 nitrogen and oxygen atoms in total. The summed E-state index contributed by atoms with van der Waals surface area (Å²) in [6.07, 6.45) is 4.09. The standard InChI is InChI=1S/C11H20O3/c1-10(2,3)14-11(8-9(12)13)6-4-5-7-11/h4-8H2,1-3H3,(H,12,13). The first-order valence-electron chi connectivity index (χ1n) is 5.25. The van der Waals surface area contributed by atoms with E-state index in [1.807, 2.05) is 20.8 Å². The molecule has 1 aliphatic rings. The molecule has 0 spiro atoms. The molecule has 14 heavy (non-hydrogen) atoms. The molecule has 1 rings (SSSR count). The van der Waals surface area contributed by atoms with Crippen molar-refractivity contribution in [1.82, 2.24) is 0 Å². The first-order valence-corrected chi connectivity index (χ1v) is 5.25. The molecule has 0 saturated heterocycles. The summed E-state index contributed by atoms with van der Waals surface area (Å²) in [7, 11) is 0. The number of carboxylic acid groups (broad SMARTS) is 1. The highest BCUT2D eigenvalue weighted by atomic mass is 16.5. The molecule has 82 valence electrons. The molecule has 0 aromatic heterocycles. The number of carbonyl (C=O) groups is 1. The van der Waals surface area contributed by atoms with Crippen molar-refractivity contribution in [3.05, 3.63) is 0 Å². The van der Waals surface area contributed by atoms with E-state index in [0.29, 0.717) is 0 Å². The number of rotatable bonds is 3. The molecule has 0 atom stereocenters. The Bertz CT molecular complexity index is 209. The van der Waals surface area contributed by atoms with Gasteiger partial charge in [0.2, 0.25) is 0 Å².